The molecular weight excluding hydrogens is 488 g/mol. The molecule has 186 valence electrons. The Labute approximate surface area is 206 Å². The van der Waals surface area contributed by atoms with Gasteiger partial charge in [-0.25, -0.2) is 17.9 Å². The molecule has 4 rings (SSSR count). The number of azo groups is 1. The van der Waals surface area contributed by atoms with Crippen LogP contribution in [0.15, 0.2) is 79.3 Å². The van der Waals surface area contributed by atoms with E-state index in [0.29, 0.717) is 16.9 Å². The number of hydrazone groups is 1. The number of rotatable bonds is 8. The van der Waals surface area contributed by atoms with E-state index in [2.05, 4.69) is 25.2 Å². The Hall–Kier alpha value is -4.39. The number of benzene rings is 2. The van der Waals surface area contributed by atoms with Crippen molar-refractivity contribution in [2.75, 3.05) is 16.3 Å². The molecule has 1 atom stereocenters. The highest BCUT2D eigenvalue weighted by Crippen LogP contribution is 2.26. The van der Waals surface area contributed by atoms with Crippen molar-refractivity contribution in [1.29, 1.82) is 0 Å². The molecule has 1 amide bonds. The first-order chi connectivity index (χ1) is 17.2. The minimum Gasteiger partial charge on any atom is -0.461 e. The lowest BCUT2D eigenvalue weighted by molar-refractivity contribution is -0.135. The molecule has 1 N–H and O–H groups in total. The number of ether oxygens (including phenoxy) is 1. The fourth-order valence-electron chi connectivity index (χ4n) is 3.17. The van der Waals surface area contributed by atoms with E-state index < -0.39 is 27.9 Å². The van der Waals surface area contributed by atoms with Crippen LogP contribution in [0.2, 0.25) is 0 Å². The summed E-state index contributed by atoms with van der Waals surface area (Å²) in [5.41, 5.74) is 1.67. The maximum absolute atomic E-state index is 13.0. The summed E-state index contributed by atoms with van der Waals surface area (Å²) in [6.45, 7) is 5.11. The summed E-state index contributed by atoms with van der Waals surface area (Å²) in [4.78, 5) is 25.3. The third-order valence-corrected chi connectivity index (χ3v) is 6.56. The summed E-state index contributed by atoms with van der Waals surface area (Å²) in [7, 11) is -3.94. The van der Waals surface area contributed by atoms with Crippen LogP contribution in [0.25, 0.3) is 0 Å². The van der Waals surface area contributed by atoms with Gasteiger partial charge in [-0.15, -0.1) is 0 Å². The van der Waals surface area contributed by atoms with E-state index in [1.807, 2.05) is 0 Å². The third kappa shape index (κ3) is 5.00. The van der Waals surface area contributed by atoms with Gasteiger partial charge in [0, 0.05) is 5.56 Å². The van der Waals surface area contributed by atoms with E-state index in [9.17, 15) is 18.0 Å². The number of sulfonamides is 1. The predicted octanol–water partition coefficient (Wildman–Crippen LogP) is 3.51. The van der Waals surface area contributed by atoms with Gasteiger partial charge in [0.1, 0.15) is 0 Å². The lowest BCUT2D eigenvalue weighted by Gasteiger charge is -2.11. The molecule has 0 radical (unpaired) electrons. The number of esters is 1. The van der Waals surface area contributed by atoms with Crippen LogP contribution in [0.4, 0.5) is 17.3 Å². The number of aryl methyl sites for hydroxylation is 1. The van der Waals surface area contributed by atoms with E-state index in [1.165, 1.54) is 24.3 Å². The quantitative estimate of drug-likeness (QED) is 0.359. The van der Waals surface area contributed by atoms with Crippen LogP contribution in [-0.4, -0.2) is 43.8 Å². The molecule has 1 aromatic heterocycles. The van der Waals surface area contributed by atoms with E-state index in [1.54, 1.807) is 51.1 Å². The van der Waals surface area contributed by atoms with Crippen LogP contribution in [0.1, 0.15) is 18.2 Å². The Bertz CT molecular complexity index is 1450. The van der Waals surface area contributed by atoms with Crippen LogP contribution in [0, 0.1) is 13.8 Å². The standard InChI is InChI=1S/C23H22N6O6S/c1-4-34-23(31)20-19(22(30)29(26-20)17-8-6-5-7-9-17)25-24-16-10-12-18(13-11-16)36(32,33)28-21-14(2)15(3)27-35-21/h5-13,19,28H,4H2,1-3H3. The van der Waals surface area contributed by atoms with Gasteiger partial charge < -0.3 is 9.26 Å². The third-order valence-electron chi connectivity index (χ3n) is 5.21. The fraction of sp³-hybridized carbons (Fsp3) is 0.217. The van der Waals surface area contributed by atoms with Crippen LogP contribution in [0.5, 0.6) is 0 Å². The first kappa shape index (κ1) is 24.7. The SMILES string of the molecule is CCOC(=O)C1=NN(c2ccccc2)C(=O)C1N=Nc1ccc(S(=O)(=O)Nc2onc(C)c2C)cc1. The number of para-hydroxylation sites is 1. The molecule has 1 unspecified atom stereocenters. The van der Waals surface area contributed by atoms with Gasteiger partial charge in [0.05, 0.1) is 28.6 Å². The molecule has 0 bridgehead atoms. The Balaban J connectivity index is 1.54. The molecule has 1 aliphatic rings. The number of hydrogen-bond donors (Lipinski definition) is 1. The second-order valence-corrected chi connectivity index (χ2v) is 9.31. The zero-order valence-electron chi connectivity index (χ0n) is 19.6. The topological polar surface area (TPSA) is 156 Å². The lowest BCUT2D eigenvalue weighted by Crippen LogP contribution is -2.33. The maximum atomic E-state index is 13.0. The highest BCUT2D eigenvalue weighted by molar-refractivity contribution is 7.92. The van der Waals surface area contributed by atoms with Crippen molar-refractivity contribution in [1.82, 2.24) is 5.16 Å². The van der Waals surface area contributed by atoms with Crippen LogP contribution in [-0.2, 0) is 24.3 Å². The molecule has 2 heterocycles. The number of anilines is 2. The Kier molecular flexibility index (Phi) is 6.92. The van der Waals surface area contributed by atoms with Gasteiger partial charge >= 0.3 is 5.97 Å². The van der Waals surface area contributed by atoms with Crippen LogP contribution < -0.4 is 9.73 Å². The zero-order chi connectivity index (χ0) is 25.9. The molecule has 3 aromatic rings. The van der Waals surface area contributed by atoms with Gasteiger partial charge in [-0.1, -0.05) is 23.4 Å². The first-order valence-electron chi connectivity index (χ1n) is 10.8. The van der Waals surface area contributed by atoms with Gasteiger partial charge in [0.15, 0.2) is 5.71 Å². The van der Waals surface area contributed by atoms with E-state index in [0.717, 1.165) is 5.01 Å². The molecule has 0 fully saturated rings. The average molecular weight is 511 g/mol. The summed E-state index contributed by atoms with van der Waals surface area (Å²) in [6.07, 6.45) is 0. The van der Waals surface area contributed by atoms with Gasteiger partial charge in [0.2, 0.25) is 11.9 Å². The predicted molar refractivity (Wildman–Crippen MR) is 130 cm³/mol. The van der Waals surface area contributed by atoms with Crippen molar-refractivity contribution < 1.29 is 27.3 Å². The second-order valence-electron chi connectivity index (χ2n) is 7.63. The second kappa shape index (κ2) is 10.1. The summed E-state index contributed by atoms with van der Waals surface area (Å²) < 4.78 is 37.7. The maximum Gasteiger partial charge on any atom is 0.357 e. The molecule has 12 nitrogen and oxygen atoms in total. The molecule has 0 spiro atoms. The minimum absolute atomic E-state index is 0.0322. The van der Waals surface area contributed by atoms with E-state index >= 15 is 0 Å². The van der Waals surface area contributed by atoms with Gasteiger partial charge in [-0.3, -0.25) is 4.79 Å². The summed E-state index contributed by atoms with van der Waals surface area (Å²) >= 11 is 0. The van der Waals surface area contributed by atoms with Crippen molar-refractivity contribution in [2.45, 2.75) is 31.7 Å². The molecular formula is C23H22N6O6S. The largest absolute Gasteiger partial charge is 0.461 e. The van der Waals surface area contributed by atoms with Crippen molar-refractivity contribution in [3.05, 3.63) is 65.9 Å². The number of aromatic nitrogens is 1. The Morgan fingerprint density at radius 2 is 1.83 bits per heavy atom. The van der Waals surface area contributed by atoms with Gasteiger partial charge in [0.25, 0.3) is 15.9 Å². The van der Waals surface area contributed by atoms with E-state index in [4.69, 9.17) is 9.26 Å². The van der Waals surface area contributed by atoms with E-state index in [-0.39, 0.29) is 28.8 Å². The summed E-state index contributed by atoms with van der Waals surface area (Å²) in [5, 5.41) is 17.0. The number of carbonyl (C=O) groups is 2. The van der Waals surface area contributed by atoms with Gasteiger partial charge in [-0.05, 0) is 57.2 Å². The smallest absolute Gasteiger partial charge is 0.357 e. The highest BCUT2D eigenvalue weighted by Gasteiger charge is 2.41. The monoisotopic (exact) mass is 510 g/mol. The number of hydrogen-bond acceptors (Lipinski definition) is 10. The van der Waals surface area contributed by atoms with Crippen LogP contribution >= 0.6 is 0 Å². The average Bonchev–Trinajstić information content (AvgIpc) is 3.37. The lowest BCUT2D eigenvalue weighted by atomic mass is 10.2. The van der Waals surface area contributed by atoms with Crippen LogP contribution in [0.3, 0.4) is 0 Å². The number of nitrogens with one attached hydrogen (secondary N) is 1. The highest BCUT2D eigenvalue weighted by atomic mass is 32.2. The molecule has 0 saturated heterocycles. The molecule has 13 heteroatoms. The molecule has 36 heavy (non-hydrogen) atoms. The Morgan fingerprint density at radius 3 is 2.44 bits per heavy atom. The number of amides is 1. The minimum atomic E-state index is -3.94. The Morgan fingerprint density at radius 1 is 1.14 bits per heavy atom. The summed E-state index contributed by atoms with van der Waals surface area (Å²) in [6, 6.07) is 12.7. The first-order valence-corrected chi connectivity index (χ1v) is 12.3. The molecule has 2 aromatic carbocycles. The van der Waals surface area contributed by atoms with Gasteiger partial charge in [-0.2, -0.15) is 20.3 Å². The number of carbonyl (C=O) groups excluding carboxylic acids is 2. The van der Waals surface area contributed by atoms with Crippen molar-refractivity contribution in [2.24, 2.45) is 15.3 Å². The normalized spacial score (nSPS) is 15.9. The molecule has 1 aliphatic heterocycles. The van der Waals surface area contributed by atoms with Crippen molar-refractivity contribution >= 4 is 44.9 Å². The fourth-order valence-corrected chi connectivity index (χ4v) is 4.21. The zero-order valence-corrected chi connectivity index (χ0v) is 20.4. The summed E-state index contributed by atoms with van der Waals surface area (Å²) in [5.74, 6) is -1.32. The van der Waals surface area contributed by atoms with Crippen molar-refractivity contribution in [3.63, 3.8) is 0 Å². The molecule has 0 aliphatic carbocycles. The number of nitrogens with zero attached hydrogens (tertiary/aromatic N) is 5. The molecule has 0 saturated carbocycles. The van der Waals surface area contributed by atoms with Crippen molar-refractivity contribution in [3.8, 4) is 0 Å².